The molecule has 3 heteroatoms. The number of rotatable bonds is 4. The summed E-state index contributed by atoms with van der Waals surface area (Å²) in [6, 6.07) is 0. The van der Waals surface area contributed by atoms with Gasteiger partial charge in [0.15, 0.2) is 0 Å². The van der Waals surface area contributed by atoms with Gasteiger partial charge < -0.3 is 9.80 Å². The minimum Gasteiger partial charge on any atom is -0.301 e. The summed E-state index contributed by atoms with van der Waals surface area (Å²) in [7, 11) is 0. The maximum absolute atomic E-state index is 11.6. The van der Waals surface area contributed by atoms with Gasteiger partial charge in [-0.3, -0.25) is 4.79 Å². The first-order valence-electron chi connectivity index (χ1n) is 7.12. The molecule has 0 aromatic carbocycles. The Kier molecular flexibility index (Phi) is 4.57. The highest BCUT2D eigenvalue weighted by Crippen LogP contribution is 2.22. The van der Waals surface area contributed by atoms with Gasteiger partial charge in [0.05, 0.1) is 0 Å². The summed E-state index contributed by atoms with van der Waals surface area (Å²) in [6.07, 6.45) is 3.08. The van der Waals surface area contributed by atoms with Crippen molar-refractivity contribution in [3.8, 4) is 0 Å². The Morgan fingerprint density at radius 2 is 1.82 bits per heavy atom. The Balaban J connectivity index is 1.70. The maximum Gasteiger partial charge on any atom is 0.137 e. The smallest absolute Gasteiger partial charge is 0.137 e. The van der Waals surface area contributed by atoms with E-state index in [1.54, 1.807) is 0 Å². The van der Waals surface area contributed by atoms with Crippen molar-refractivity contribution < 1.29 is 4.79 Å². The fraction of sp³-hybridized carbons (Fsp3) is 0.929. The van der Waals surface area contributed by atoms with E-state index in [9.17, 15) is 4.79 Å². The van der Waals surface area contributed by atoms with Crippen molar-refractivity contribution in [2.24, 2.45) is 11.8 Å². The number of ketones is 1. The van der Waals surface area contributed by atoms with Gasteiger partial charge in [0.25, 0.3) is 0 Å². The van der Waals surface area contributed by atoms with Gasteiger partial charge in [-0.2, -0.15) is 0 Å². The predicted octanol–water partition coefficient (Wildman–Crippen LogP) is 1.63. The zero-order valence-corrected chi connectivity index (χ0v) is 11.3. The summed E-state index contributed by atoms with van der Waals surface area (Å²) in [4.78, 5) is 16.7. The van der Waals surface area contributed by atoms with Crippen LogP contribution in [0.1, 0.15) is 33.1 Å². The average molecular weight is 238 g/mol. The first-order chi connectivity index (χ1) is 8.15. The molecular weight excluding hydrogens is 212 g/mol. The van der Waals surface area contributed by atoms with Crippen LogP contribution >= 0.6 is 0 Å². The standard InChI is InChI=1S/C14H26N2O/c1-12(2)10-15-6-8-16(9-7-15)11-13-4-3-5-14(13)17/h12-13H,3-11H2,1-2H3. The molecule has 1 atom stereocenters. The van der Waals surface area contributed by atoms with Crippen molar-refractivity contribution in [1.29, 1.82) is 0 Å². The van der Waals surface area contributed by atoms with Crippen molar-refractivity contribution in [3.63, 3.8) is 0 Å². The van der Waals surface area contributed by atoms with Crippen LogP contribution in [0.4, 0.5) is 0 Å². The molecule has 1 saturated carbocycles. The third kappa shape index (κ3) is 3.78. The lowest BCUT2D eigenvalue weighted by Gasteiger charge is -2.36. The normalized spacial score (nSPS) is 28.2. The molecule has 0 radical (unpaired) electrons. The van der Waals surface area contributed by atoms with Crippen LogP contribution in [0.5, 0.6) is 0 Å². The zero-order valence-electron chi connectivity index (χ0n) is 11.3. The van der Waals surface area contributed by atoms with Gasteiger partial charge in [-0.15, -0.1) is 0 Å². The van der Waals surface area contributed by atoms with Gasteiger partial charge in [0, 0.05) is 51.6 Å². The molecule has 2 fully saturated rings. The highest BCUT2D eigenvalue weighted by molar-refractivity contribution is 5.83. The number of carbonyl (C=O) groups is 1. The summed E-state index contributed by atoms with van der Waals surface area (Å²) >= 11 is 0. The molecule has 0 aromatic heterocycles. The molecule has 0 amide bonds. The minimum absolute atomic E-state index is 0.353. The summed E-state index contributed by atoms with van der Waals surface area (Å²) in [6.45, 7) is 11.5. The summed E-state index contributed by atoms with van der Waals surface area (Å²) in [5.41, 5.74) is 0. The summed E-state index contributed by atoms with van der Waals surface area (Å²) in [5.74, 6) is 1.62. The average Bonchev–Trinajstić information content (AvgIpc) is 2.67. The van der Waals surface area contributed by atoms with Gasteiger partial charge in [-0.05, 0) is 18.8 Å². The molecule has 1 saturated heterocycles. The molecule has 1 unspecified atom stereocenters. The van der Waals surface area contributed by atoms with E-state index in [1.807, 2.05) is 0 Å². The van der Waals surface area contributed by atoms with E-state index in [0.717, 1.165) is 44.8 Å². The summed E-state index contributed by atoms with van der Waals surface area (Å²) < 4.78 is 0. The fourth-order valence-corrected chi connectivity index (χ4v) is 3.06. The molecule has 1 aliphatic carbocycles. The van der Waals surface area contributed by atoms with Crippen molar-refractivity contribution in [3.05, 3.63) is 0 Å². The van der Waals surface area contributed by atoms with Crippen LogP contribution in [0, 0.1) is 11.8 Å². The molecule has 1 heterocycles. The fourth-order valence-electron chi connectivity index (χ4n) is 3.06. The van der Waals surface area contributed by atoms with E-state index >= 15 is 0 Å². The monoisotopic (exact) mass is 238 g/mol. The van der Waals surface area contributed by atoms with E-state index in [0.29, 0.717) is 11.7 Å². The summed E-state index contributed by atoms with van der Waals surface area (Å²) in [5, 5.41) is 0. The minimum atomic E-state index is 0.353. The van der Waals surface area contributed by atoms with Gasteiger partial charge in [-0.25, -0.2) is 0 Å². The van der Waals surface area contributed by atoms with Crippen molar-refractivity contribution in [1.82, 2.24) is 9.80 Å². The molecule has 0 N–H and O–H groups in total. The van der Waals surface area contributed by atoms with Crippen molar-refractivity contribution in [2.75, 3.05) is 39.3 Å². The van der Waals surface area contributed by atoms with Crippen LogP contribution in [0.3, 0.4) is 0 Å². The Bertz CT molecular complexity index is 257. The van der Waals surface area contributed by atoms with E-state index < -0.39 is 0 Å². The number of piperazine rings is 1. The van der Waals surface area contributed by atoms with Gasteiger partial charge >= 0.3 is 0 Å². The van der Waals surface area contributed by atoms with E-state index in [2.05, 4.69) is 23.6 Å². The quantitative estimate of drug-likeness (QED) is 0.744. The Hall–Kier alpha value is -0.410. The first-order valence-corrected chi connectivity index (χ1v) is 7.12. The SMILES string of the molecule is CC(C)CN1CCN(CC2CCCC2=O)CC1. The van der Waals surface area contributed by atoms with Crippen molar-refractivity contribution in [2.45, 2.75) is 33.1 Å². The van der Waals surface area contributed by atoms with Gasteiger partial charge in [0.2, 0.25) is 0 Å². The third-order valence-corrected chi connectivity index (χ3v) is 4.00. The molecule has 0 spiro atoms. The largest absolute Gasteiger partial charge is 0.301 e. The maximum atomic E-state index is 11.6. The molecular formula is C14H26N2O. The topological polar surface area (TPSA) is 23.6 Å². The second-order valence-electron chi connectivity index (χ2n) is 6.05. The Labute approximate surface area is 105 Å². The van der Waals surface area contributed by atoms with Gasteiger partial charge in [0.1, 0.15) is 5.78 Å². The van der Waals surface area contributed by atoms with E-state index in [1.165, 1.54) is 19.6 Å². The lowest BCUT2D eigenvalue weighted by Crippen LogP contribution is -2.48. The molecule has 0 bridgehead atoms. The zero-order chi connectivity index (χ0) is 12.3. The van der Waals surface area contributed by atoms with Crippen LogP contribution in [0.2, 0.25) is 0 Å². The second-order valence-corrected chi connectivity index (χ2v) is 6.05. The van der Waals surface area contributed by atoms with Crippen molar-refractivity contribution >= 4 is 5.78 Å². The van der Waals surface area contributed by atoms with Gasteiger partial charge in [-0.1, -0.05) is 13.8 Å². The Morgan fingerprint density at radius 1 is 1.18 bits per heavy atom. The lowest BCUT2D eigenvalue weighted by atomic mass is 10.1. The molecule has 2 rings (SSSR count). The van der Waals surface area contributed by atoms with Crippen LogP contribution in [0.25, 0.3) is 0 Å². The highest BCUT2D eigenvalue weighted by Gasteiger charge is 2.27. The predicted molar refractivity (Wildman–Crippen MR) is 70.1 cm³/mol. The number of carbonyl (C=O) groups excluding carboxylic acids is 1. The number of nitrogens with zero attached hydrogens (tertiary/aromatic N) is 2. The lowest BCUT2D eigenvalue weighted by molar-refractivity contribution is -0.121. The number of Topliss-reactive ketones (excluding diaryl/α,β-unsaturated/α-hetero) is 1. The number of hydrogen-bond donors (Lipinski definition) is 0. The van der Waals surface area contributed by atoms with Crippen LogP contribution in [0.15, 0.2) is 0 Å². The molecule has 0 aromatic rings. The van der Waals surface area contributed by atoms with Crippen LogP contribution < -0.4 is 0 Å². The second kappa shape index (κ2) is 5.96. The highest BCUT2D eigenvalue weighted by atomic mass is 16.1. The molecule has 17 heavy (non-hydrogen) atoms. The van der Waals surface area contributed by atoms with E-state index in [-0.39, 0.29) is 0 Å². The van der Waals surface area contributed by atoms with Crippen LogP contribution in [-0.2, 0) is 4.79 Å². The Morgan fingerprint density at radius 3 is 2.35 bits per heavy atom. The molecule has 3 nitrogen and oxygen atoms in total. The van der Waals surface area contributed by atoms with Crippen LogP contribution in [-0.4, -0.2) is 54.9 Å². The molecule has 1 aliphatic heterocycles. The van der Waals surface area contributed by atoms with E-state index in [4.69, 9.17) is 0 Å². The third-order valence-electron chi connectivity index (χ3n) is 4.00. The molecule has 2 aliphatic rings. The first kappa shape index (κ1) is 13.0. The molecule has 98 valence electrons. The number of hydrogen-bond acceptors (Lipinski definition) is 3.